The number of phenolic OH excluding ortho intramolecular Hbond substituents is 1. The van der Waals surface area contributed by atoms with Crippen LogP contribution in [-0.4, -0.2) is 31.6 Å². The van der Waals surface area contributed by atoms with E-state index in [0.717, 1.165) is 25.1 Å². The average molecular weight is 321 g/mol. The Labute approximate surface area is 132 Å². The summed E-state index contributed by atoms with van der Waals surface area (Å²) in [6, 6.07) is 6.39. The lowest BCUT2D eigenvalue weighted by molar-refractivity contribution is -0.113. The number of nitrogens with two attached hydrogens (primary N) is 1. The van der Waals surface area contributed by atoms with E-state index in [4.69, 9.17) is 5.84 Å². The van der Waals surface area contributed by atoms with Crippen molar-refractivity contribution in [2.75, 3.05) is 16.9 Å². The third-order valence-electron chi connectivity index (χ3n) is 2.95. The predicted octanol–water partition coefficient (Wildman–Crippen LogP) is 1.77. The molecule has 0 saturated carbocycles. The molecule has 2 rings (SSSR count). The van der Waals surface area contributed by atoms with E-state index in [1.54, 1.807) is 18.2 Å². The Morgan fingerprint density at radius 3 is 3.00 bits per heavy atom. The molecule has 1 amide bonds. The van der Waals surface area contributed by atoms with Crippen molar-refractivity contribution in [3.8, 4) is 5.75 Å². The van der Waals surface area contributed by atoms with E-state index in [-0.39, 0.29) is 17.4 Å². The number of aromatic hydroxyl groups is 1. The van der Waals surface area contributed by atoms with Gasteiger partial charge in [-0.3, -0.25) is 4.79 Å². The number of hydrogen-bond acceptors (Lipinski definition) is 6. The fourth-order valence-corrected chi connectivity index (χ4v) is 2.50. The van der Waals surface area contributed by atoms with Crippen LogP contribution in [0.3, 0.4) is 0 Å². The number of aryl methyl sites for hydroxylation is 1. The molecule has 0 atom stereocenters. The van der Waals surface area contributed by atoms with Crippen molar-refractivity contribution in [3.05, 3.63) is 30.1 Å². The molecule has 2 aromatic rings. The molecule has 1 heterocycles. The first kappa shape index (κ1) is 16.2. The number of amides is 1. The van der Waals surface area contributed by atoms with E-state index in [2.05, 4.69) is 22.4 Å². The maximum Gasteiger partial charge on any atom is 0.234 e. The molecule has 0 radical (unpaired) electrons. The fraction of sp³-hybridized carbons (Fsp3) is 0.357. The van der Waals surface area contributed by atoms with Gasteiger partial charge in [-0.25, -0.2) is 4.68 Å². The molecular weight excluding hydrogens is 302 g/mol. The Morgan fingerprint density at radius 2 is 2.27 bits per heavy atom. The topological polar surface area (TPSA) is 106 Å². The lowest BCUT2D eigenvalue weighted by atomic mass is 10.2. The van der Waals surface area contributed by atoms with Gasteiger partial charge < -0.3 is 16.3 Å². The van der Waals surface area contributed by atoms with Crippen LogP contribution >= 0.6 is 11.8 Å². The van der Waals surface area contributed by atoms with Gasteiger partial charge in [0, 0.05) is 18.2 Å². The first-order valence-corrected chi connectivity index (χ1v) is 7.99. The number of carbonyl (C=O) groups is 1. The van der Waals surface area contributed by atoms with Crippen LogP contribution < -0.4 is 11.2 Å². The molecule has 0 fully saturated rings. The summed E-state index contributed by atoms with van der Waals surface area (Å²) in [5, 5.41) is 20.6. The molecule has 0 aliphatic rings. The molecule has 0 aliphatic carbocycles. The van der Waals surface area contributed by atoms with Crippen LogP contribution in [-0.2, 0) is 11.2 Å². The maximum atomic E-state index is 11.9. The summed E-state index contributed by atoms with van der Waals surface area (Å²) in [4.78, 5) is 11.9. The number of rotatable bonds is 7. The normalized spacial score (nSPS) is 10.6. The number of benzene rings is 1. The number of aromatic nitrogens is 3. The number of phenols is 1. The minimum atomic E-state index is -0.200. The second-order valence-corrected chi connectivity index (χ2v) is 5.70. The van der Waals surface area contributed by atoms with Gasteiger partial charge in [-0.1, -0.05) is 31.2 Å². The summed E-state index contributed by atoms with van der Waals surface area (Å²) in [6.45, 7) is 2.10. The van der Waals surface area contributed by atoms with Crippen LogP contribution in [0.2, 0.25) is 0 Å². The average Bonchev–Trinajstić information content (AvgIpc) is 2.83. The van der Waals surface area contributed by atoms with E-state index in [9.17, 15) is 9.90 Å². The molecule has 8 heteroatoms. The van der Waals surface area contributed by atoms with Crippen molar-refractivity contribution >= 4 is 23.4 Å². The van der Waals surface area contributed by atoms with Gasteiger partial charge >= 0.3 is 0 Å². The number of nitrogen functional groups attached to an aromatic ring is 1. The van der Waals surface area contributed by atoms with Crippen LogP contribution in [0.1, 0.15) is 25.6 Å². The summed E-state index contributed by atoms with van der Waals surface area (Å²) < 4.78 is 1.43. The van der Waals surface area contributed by atoms with E-state index in [1.807, 2.05) is 0 Å². The summed E-state index contributed by atoms with van der Waals surface area (Å²) in [7, 11) is 0. The molecule has 0 bridgehead atoms. The number of carbonyl (C=O) groups excluding carboxylic acids is 1. The van der Waals surface area contributed by atoms with Gasteiger partial charge in [-0.15, -0.1) is 10.2 Å². The van der Waals surface area contributed by atoms with Crippen molar-refractivity contribution in [2.24, 2.45) is 0 Å². The van der Waals surface area contributed by atoms with Crippen molar-refractivity contribution in [3.63, 3.8) is 0 Å². The van der Waals surface area contributed by atoms with Crippen LogP contribution in [0.15, 0.2) is 29.4 Å². The third-order valence-corrected chi connectivity index (χ3v) is 3.89. The summed E-state index contributed by atoms with van der Waals surface area (Å²) >= 11 is 1.22. The van der Waals surface area contributed by atoms with Gasteiger partial charge in [-0.2, -0.15) is 0 Å². The Balaban J connectivity index is 1.87. The van der Waals surface area contributed by atoms with Crippen LogP contribution in [0, 0.1) is 0 Å². The van der Waals surface area contributed by atoms with Gasteiger partial charge in [0.15, 0.2) is 5.82 Å². The Bertz CT molecular complexity index is 644. The molecular formula is C14H19N5O2S. The maximum absolute atomic E-state index is 11.9. The Morgan fingerprint density at radius 1 is 1.45 bits per heavy atom. The highest BCUT2D eigenvalue weighted by Gasteiger charge is 2.12. The highest BCUT2D eigenvalue weighted by Crippen LogP contribution is 2.18. The smallest absolute Gasteiger partial charge is 0.234 e. The van der Waals surface area contributed by atoms with Crippen molar-refractivity contribution in [2.45, 2.75) is 31.3 Å². The first-order chi connectivity index (χ1) is 10.6. The van der Waals surface area contributed by atoms with Crippen molar-refractivity contribution in [1.29, 1.82) is 0 Å². The van der Waals surface area contributed by atoms with Gasteiger partial charge in [0.05, 0.1) is 5.75 Å². The van der Waals surface area contributed by atoms with Crippen molar-refractivity contribution < 1.29 is 9.90 Å². The molecule has 4 N–H and O–H groups in total. The molecule has 0 unspecified atom stereocenters. The van der Waals surface area contributed by atoms with E-state index >= 15 is 0 Å². The van der Waals surface area contributed by atoms with Gasteiger partial charge in [0.2, 0.25) is 11.1 Å². The van der Waals surface area contributed by atoms with E-state index < -0.39 is 0 Å². The number of nitrogens with zero attached hydrogens (tertiary/aromatic N) is 3. The highest BCUT2D eigenvalue weighted by molar-refractivity contribution is 7.99. The molecule has 0 saturated heterocycles. The van der Waals surface area contributed by atoms with Crippen LogP contribution in [0.5, 0.6) is 5.75 Å². The standard InChI is InChI=1S/C14H19N5O2S/c1-2-3-7-12-17-18-14(19(12)15)22-9-13(21)16-10-5-4-6-11(20)8-10/h4-6,8,20H,2-3,7,9,15H2,1H3,(H,16,21). The molecule has 22 heavy (non-hydrogen) atoms. The minimum absolute atomic E-state index is 0.104. The monoisotopic (exact) mass is 321 g/mol. The van der Waals surface area contributed by atoms with Gasteiger partial charge in [0.25, 0.3) is 0 Å². The lowest BCUT2D eigenvalue weighted by Gasteiger charge is -2.05. The second kappa shape index (κ2) is 7.69. The third kappa shape index (κ3) is 4.39. The van der Waals surface area contributed by atoms with E-state index in [1.165, 1.54) is 22.5 Å². The number of thioether (sulfide) groups is 1. The van der Waals surface area contributed by atoms with E-state index in [0.29, 0.717) is 10.8 Å². The van der Waals surface area contributed by atoms with Crippen LogP contribution in [0.4, 0.5) is 5.69 Å². The predicted molar refractivity (Wildman–Crippen MR) is 86.2 cm³/mol. The second-order valence-electron chi connectivity index (χ2n) is 4.76. The fourth-order valence-electron chi connectivity index (χ4n) is 1.82. The van der Waals surface area contributed by atoms with Crippen LogP contribution in [0.25, 0.3) is 0 Å². The zero-order valence-corrected chi connectivity index (χ0v) is 13.1. The summed E-state index contributed by atoms with van der Waals surface area (Å²) in [5.74, 6) is 6.70. The zero-order chi connectivity index (χ0) is 15.9. The SMILES string of the molecule is CCCCc1nnc(SCC(=O)Nc2cccc(O)c2)n1N. The lowest BCUT2D eigenvalue weighted by Crippen LogP contribution is -2.17. The number of nitrogens with one attached hydrogen (secondary N) is 1. The summed E-state index contributed by atoms with van der Waals surface area (Å²) in [6.07, 6.45) is 2.83. The molecule has 118 valence electrons. The quantitative estimate of drug-likeness (QED) is 0.530. The Kier molecular flexibility index (Phi) is 5.65. The van der Waals surface area contributed by atoms with Crippen molar-refractivity contribution in [1.82, 2.24) is 14.9 Å². The highest BCUT2D eigenvalue weighted by atomic mass is 32.2. The molecule has 1 aromatic carbocycles. The number of hydrogen-bond donors (Lipinski definition) is 3. The Hall–Kier alpha value is -2.22. The largest absolute Gasteiger partial charge is 0.508 e. The van der Waals surface area contributed by atoms with Gasteiger partial charge in [0.1, 0.15) is 5.75 Å². The van der Waals surface area contributed by atoms with Gasteiger partial charge in [-0.05, 0) is 18.6 Å². The minimum Gasteiger partial charge on any atom is -0.508 e. The molecule has 0 spiro atoms. The molecule has 1 aromatic heterocycles. The molecule has 0 aliphatic heterocycles. The first-order valence-electron chi connectivity index (χ1n) is 7.01. The number of unbranched alkanes of at least 4 members (excludes halogenated alkanes) is 1. The summed E-state index contributed by atoms with van der Waals surface area (Å²) in [5.41, 5.74) is 0.545. The number of anilines is 1. The zero-order valence-electron chi connectivity index (χ0n) is 12.3. The molecule has 7 nitrogen and oxygen atoms in total.